The van der Waals surface area contributed by atoms with Crippen LogP contribution in [0.4, 0.5) is 0 Å². The number of hydrogen-bond acceptors (Lipinski definition) is 3. The van der Waals surface area contributed by atoms with Crippen molar-refractivity contribution in [3.63, 3.8) is 0 Å². The van der Waals surface area contributed by atoms with Crippen molar-refractivity contribution in [1.29, 1.82) is 0 Å². The standard InChI is InChI=1S/C11H18N4O/c1-2-14-11(16)7-15-8-13-6-10(15)9-3-4-12-5-9/h6,8-9,12H,2-5,7H2,1H3,(H,14,16). The van der Waals surface area contributed by atoms with Crippen molar-refractivity contribution in [1.82, 2.24) is 20.2 Å². The van der Waals surface area contributed by atoms with Gasteiger partial charge in [-0.2, -0.15) is 0 Å². The van der Waals surface area contributed by atoms with Gasteiger partial charge in [0.25, 0.3) is 0 Å². The van der Waals surface area contributed by atoms with Gasteiger partial charge in [-0.15, -0.1) is 0 Å². The molecule has 2 rings (SSSR count). The van der Waals surface area contributed by atoms with Gasteiger partial charge in [0, 0.05) is 30.9 Å². The summed E-state index contributed by atoms with van der Waals surface area (Å²) in [5.74, 6) is 0.546. The summed E-state index contributed by atoms with van der Waals surface area (Å²) in [6, 6.07) is 0. The molecule has 88 valence electrons. The van der Waals surface area contributed by atoms with Gasteiger partial charge in [0.15, 0.2) is 0 Å². The minimum Gasteiger partial charge on any atom is -0.355 e. The number of likely N-dealkylation sites (N-methyl/N-ethyl adjacent to an activating group) is 1. The Labute approximate surface area is 95.2 Å². The van der Waals surface area contributed by atoms with E-state index in [-0.39, 0.29) is 5.91 Å². The van der Waals surface area contributed by atoms with E-state index in [0.717, 1.165) is 25.2 Å². The third-order valence-corrected chi connectivity index (χ3v) is 2.91. The first-order valence-electron chi connectivity index (χ1n) is 5.78. The lowest BCUT2D eigenvalue weighted by Crippen LogP contribution is -2.28. The lowest BCUT2D eigenvalue weighted by Gasteiger charge is -2.12. The Kier molecular flexibility index (Phi) is 3.56. The monoisotopic (exact) mass is 222 g/mol. The predicted octanol–water partition coefficient (Wildman–Crippen LogP) is 0.0961. The van der Waals surface area contributed by atoms with Gasteiger partial charge in [-0.25, -0.2) is 4.98 Å². The predicted molar refractivity (Wildman–Crippen MR) is 61.1 cm³/mol. The van der Waals surface area contributed by atoms with Crippen LogP contribution in [-0.2, 0) is 11.3 Å². The molecule has 2 N–H and O–H groups in total. The topological polar surface area (TPSA) is 59.0 Å². The van der Waals surface area contributed by atoms with Crippen LogP contribution in [0.2, 0.25) is 0 Å². The van der Waals surface area contributed by atoms with Crippen LogP contribution in [0.3, 0.4) is 0 Å². The Balaban J connectivity index is 2.03. The first-order valence-corrected chi connectivity index (χ1v) is 5.78. The Morgan fingerprint density at radius 3 is 3.31 bits per heavy atom. The summed E-state index contributed by atoms with van der Waals surface area (Å²) in [6.45, 7) is 5.01. The highest BCUT2D eigenvalue weighted by atomic mass is 16.1. The summed E-state index contributed by atoms with van der Waals surface area (Å²) >= 11 is 0. The number of imidazole rings is 1. The van der Waals surface area contributed by atoms with Crippen LogP contribution in [-0.4, -0.2) is 35.1 Å². The van der Waals surface area contributed by atoms with Crippen molar-refractivity contribution < 1.29 is 4.79 Å². The van der Waals surface area contributed by atoms with Crippen LogP contribution in [0.1, 0.15) is 25.0 Å². The summed E-state index contributed by atoms with van der Waals surface area (Å²) in [6.07, 6.45) is 4.74. The molecule has 1 fully saturated rings. The van der Waals surface area contributed by atoms with E-state index in [9.17, 15) is 4.79 Å². The summed E-state index contributed by atoms with van der Waals surface area (Å²) in [5, 5.41) is 6.12. The van der Waals surface area contributed by atoms with Gasteiger partial charge >= 0.3 is 0 Å². The van der Waals surface area contributed by atoms with Crippen molar-refractivity contribution in [2.24, 2.45) is 0 Å². The van der Waals surface area contributed by atoms with E-state index >= 15 is 0 Å². The first kappa shape index (κ1) is 11.1. The second kappa shape index (κ2) is 5.12. The molecule has 0 aromatic carbocycles. The zero-order valence-electron chi connectivity index (χ0n) is 9.57. The molecule has 0 bridgehead atoms. The third-order valence-electron chi connectivity index (χ3n) is 2.91. The zero-order chi connectivity index (χ0) is 11.4. The van der Waals surface area contributed by atoms with Crippen molar-refractivity contribution in [3.05, 3.63) is 18.2 Å². The summed E-state index contributed by atoms with van der Waals surface area (Å²) < 4.78 is 1.95. The Bertz CT molecular complexity index is 355. The van der Waals surface area contributed by atoms with Crippen LogP contribution >= 0.6 is 0 Å². The Morgan fingerprint density at radius 1 is 1.75 bits per heavy atom. The van der Waals surface area contributed by atoms with Gasteiger partial charge in [0.2, 0.25) is 5.91 Å². The molecular formula is C11H18N4O. The highest BCUT2D eigenvalue weighted by molar-refractivity contribution is 5.75. The molecule has 5 nitrogen and oxygen atoms in total. The molecule has 1 aliphatic rings. The minimum atomic E-state index is 0.0488. The van der Waals surface area contributed by atoms with Crippen molar-refractivity contribution in [3.8, 4) is 0 Å². The van der Waals surface area contributed by atoms with Gasteiger partial charge in [-0.3, -0.25) is 4.79 Å². The molecule has 16 heavy (non-hydrogen) atoms. The SMILES string of the molecule is CCNC(=O)Cn1cncc1C1CCNC1. The van der Waals surface area contributed by atoms with Crippen LogP contribution in [0.5, 0.6) is 0 Å². The number of carbonyl (C=O) groups excluding carboxylic acids is 1. The minimum absolute atomic E-state index is 0.0488. The van der Waals surface area contributed by atoms with Gasteiger partial charge in [0.1, 0.15) is 6.54 Å². The van der Waals surface area contributed by atoms with E-state index < -0.39 is 0 Å². The molecule has 1 aliphatic heterocycles. The molecule has 0 spiro atoms. The number of aromatic nitrogens is 2. The molecule has 1 atom stereocenters. The second-order valence-corrected chi connectivity index (χ2v) is 4.09. The molecule has 0 radical (unpaired) electrons. The van der Waals surface area contributed by atoms with Gasteiger partial charge in [-0.1, -0.05) is 0 Å². The molecule has 0 saturated carbocycles. The number of carbonyl (C=O) groups is 1. The fourth-order valence-electron chi connectivity index (χ4n) is 2.12. The third kappa shape index (κ3) is 2.41. The van der Waals surface area contributed by atoms with Crippen LogP contribution in [0.25, 0.3) is 0 Å². The molecule has 1 amide bonds. The number of nitrogens with zero attached hydrogens (tertiary/aromatic N) is 2. The van der Waals surface area contributed by atoms with E-state index in [2.05, 4.69) is 15.6 Å². The van der Waals surface area contributed by atoms with Gasteiger partial charge in [-0.05, 0) is 19.9 Å². The highest BCUT2D eigenvalue weighted by Crippen LogP contribution is 2.21. The molecule has 2 heterocycles. The Morgan fingerprint density at radius 2 is 2.62 bits per heavy atom. The highest BCUT2D eigenvalue weighted by Gasteiger charge is 2.20. The largest absolute Gasteiger partial charge is 0.355 e. The lowest BCUT2D eigenvalue weighted by atomic mass is 10.1. The maximum absolute atomic E-state index is 11.5. The molecule has 5 heteroatoms. The average molecular weight is 222 g/mol. The van der Waals surface area contributed by atoms with E-state index in [4.69, 9.17) is 0 Å². The summed E-state index contributed by atoms with van der Waals surface area (Å²) in [5.41, 5.74) is 1.16. The quantitative estimate of drug-likeness (QED) is 0.759. The number of nitrogens with one attached hydrogen (secondary N) is 2. The van der Waals surface area contributed by atoms with E-state index in [1.165, 1.54) is 0 Å². The molecule has 1 aromatic rings. The normalized spacial score (nSPS) is 19.9. The smallest absolute Gasteiger partial charge is 0.239 e. The van der Waals surface area contributed by atoms with Gasteiger partial charge < -0.3 is 15.2 Å². The lowest BCUT2D eigenvalue weighted by molar-refractivity contribution is -0.121. The maximum Gasteiger partial charge on any atom is 0.239 e. The second-order valence-electron chi connectivity index (χ2n) is 4.09. The summed E-state index contributed by atoms with van der Waals surface area (Å²) in [4.78, 5) is 15.6. The molecule has 0 aliphatic carbocycles. The van der Waals surface area contributed by atoms with Crippen LogP contribution in [0.15, 0.2) is 12.5 Å². The van der Waals surface area contributed by atoms with Crippen molar-refractivity contribution in [2.75, 3.05) is 19.6 Å². The van der Waals surface area contributed by atoms with E-state index in [0.29, 0.717) is 19.0 Å². The van der Waals surface area contributed by atoms with Crippen molar-refractivity contribution in [2.45, 2.75) is 25.8 Å². The molecule has 1 unspecified atom stereocenters. The zero-order valence-corrected chi connectivity index (χ0v) is 9.57. The van der Waals surface area contributed by atoms with E-state index in [1.54, 1.807) is 6.33 Å². The molecular weight excluding hydrogens is 204 g/mol. The van der Waals surface area contributed by atoms with E-state index in [1.807, 2.05) is 17.7 Å². The first-order chi connectivity index (χ1) is 7.81. The van der Waals surface area contributed by atoms with Crippen molar-refractivity contribution >= 4 is 5.91 Å². The number of amides is 1. The van der Waals surface area contributed by atoms with Gasteiger partial charge in [0.05, 0.1) is 6.33 Å². The Hall–Kier alpha value is -1.36. The number of hydrogen-bond donors (Lipinski definition) is 2. The fourth-order valence-corrected chi connectivity index (χ4v) is 2.12. The average Bonchev–Trinajstić information content (AvgIpc) is 2.86. The van der Waals surface area contributed by atoms with Crippen LogP contribution in [0, 0.1) is 0 Å². The maximum atomic E-state index is 11.5. The fraction of sp³-hybridized carbons (Fsp3) is 0.636. The summed E-state index contributed by atoms with van der Waals surface area (Å²) in [7, 11) is 0. The number of rotatable bonds is 4. The van der Waals surface area contributed by atoms with Crippen LogP contribution < -0.4 is 10.6 Å². The molecule has 1 saturated heterocycles. The molecule has 1 aromatic heterocycles.